The number of nitrogens with zero attached hydrogens (tertiary/aromatic N) is 2. The van der Waals surface area contributed by atoms with Crippen LogP contribution in [0.1, 0.15) is 13.8 Å². The summed E-state index contributed by atoms with van der Waals surface area (Å²) in [4.78, 5) is 19.1. The quantitative estimate of drug-likeness (QED) is 0.325. The molecule has 0 atom stereocenters. The summed E-state index contributed by atoms with van der Waals surface area (Å²) in [6, 6.07) is 2.16. The molecule has 0 amide bonds. The SMILES string of the molecule is CCOP(=O)(CCNS(=O)(=O)c1ccc([N+](=O)[O-])cc1[N+](=O)[O-])OCC. The van der Waals surface area contributed by atoms with Crippen LogP contribution in [-0.2, 0) is 23.6 Å². The second kappa shape index (κ2) is 9.14. The molecule has 0 fully saturated rings. The van der Waals surface area contributed by atoms with Gasteiger partial charge in [0.05, 0.1) is 35.3 Å². The smallest absolute Gasteiger partial charge is 0.309 e. The number of hydrogen-bond acceptors (Lipinski definition) is 9. The minimum atomic E-state index is -4.38. The Bertz CT molecular complexity index is 817. The van der Waals surface area contributed by atoms with E-state index in [9.17, 15) is 33.2 Å². The standard InChI is InChI=1S/C12H18N3O9PS/c1-3-23-25(20,24-4-2)8-7-13-26(21,22)12-6-5-10(14(16)17)9-11(12)15(18)19/h5-6,9,13H,3-4,7-8H2,1-2H3. The zero-order chi connectivity index (χ0) is 20.0. The van der Waals surface area contributed by atoms with E-state index in [1.165, 1.54) is 0 Å². The molecule has 14 heteroatoms. The third kappa shape index (κ3) is 5.81. The van der Waals surface area contributed by atoms with Gasteiger partial charge in [-0.15, -0.1) is 0 Å². The van der Waals surface area contributed by atoms with E-state index in [0.717, 1.165) is 12.1 Å². The van der Waals surface area contributed by atoms with E-state index < -0.39 is 43.7 Å². The molecule has 1 aromatic rings. The van der Waals surface area contributed by atoms with Crippen molar-refractivity contribution in [2.75, 3.05) is 25.9 Å². The van der Waals surface area contributed by atoms with Crippen molar-refractivity contribution in [3.63, 3.8) is 0 Å². The Morgan fingerprint density at radius 3 is 2.15 bits per heavy atom. The van der Waals surface area contributed by atoms with E-state index in [4.69, 9.17) is 9.05 Å². The average molecular weight is 411 g/mol. The fraction of sp³-hybridized carbons (Fsp3) is 0.500. The molecule has 0 heterocycles. The third-order valence-electron chi connectivity index (χ3n) is 2.97. The third-order valence-corrected chi connectivity index (χ3v) is 6.55. The van der Waals surface area contributed by atoms with Gasteiger partial charge in [-0.25, -0.2) is 13.1 Å². The summed E-state index contributed by atoms with van der Waals surface area (Å²) in [5.74, 6) is 0. The highest BCUT2D eigenvalue weighted by Gasteiger charge is 2.30. The lowest BCUT2D eigenvalue weighted by Crippen LogP contribution is -2.28. The summed E-state index contributed by atoms with van der Waals surface area (Å²) in [6.07, 6.45) is -0.283. The predicted octanol–water partition coefficient (Wildman–Crippen LogP) is 2.05. The molecule has 0 aromatic heterocycles. The molecule has 26 heavy (non-hydrogen) atoms. The van der Waals surface area contributed by atoms with Gasteiger partial charge in [0.1, 0.15) is 0 Å². The van der Waals surface area contributed by atoms with Gasteiger partial charge in [-0.05, 0) is 19.9 Å². The van der Waals surface area contributed by atoms with Gasteiger partial charge in [0.25, 0.3) is 11.4 Å². The number of sulfonamides is 1. The molecule has 0 saturated heterocycles. The number of nitro groups is 2. The average Bonchev–Trinajstić information content (AvgIpc) is 2.54. The summed E-state index contributed by atoms with van der Waals surface area (Å²) >= 11 is 0. The summed E-state index contributed by atoms with van der Waals surface area (Å²) in [7, 11) is -7.88. The van der Waals surface area contributed by atoms with Gasteiger partial charge in [-0.1, -0.05) is 0 Å². The second-order valence-electron chi connectivity index (χ2n) is 4.73. The second-order valence-corrected chi connectivity index (χ2v) is 8.65. The van der Waals surface area contributed by atoms with Crippen LogP contribution in [0.5, 0.6) is 0 Å². The van der Waals surface area contributed by atoms with Crippen LogP contribution in [0.4, 0.5) is 11.4 Å². The molecule has 146 valence electrons. The fourth-order valence-corrected chi connectivity index (χ4v) is 4.78. The molecule has 0 aliphatic carbocycles. The molecule has 1 rings (SSSR count). The number of hydrogen-bond donors (Lipinski definition) is 1. The van der Waals surface area contributed by atoms with E-state index in [-0.39, 0.29) is 25.9 Å². The lowest BCUT2D eigenvalue weighted by atomic mass is 10.3. The van der Waals surface area contributed by atoms with E-state index in [1.54, 1.807) is 13.8 Å². The van der Waals surface area contributed by atoms with Crippen molar-refractivity contribution in [3.05, 3.63) is 38.4 Å². The first-order valence-corrected chi connectivity index (χ1v) is 10.6. The lowest BCUT2D eigenvalue weighted by Gasteiger charge is -2.17. The largest absolute Gasteiger partial charge is 0.331 e. The van der Waals surface area contributed by atoms with Gasteiger partial charge < -0.3 is 9.05 Å². The number of nitrogens with one attached hydrogen (secondary N) is 1. The minimum Gasteiger partial charge on any atom is -0.309 e. The highest BCUT2D eigenvalue weighted by molar-refractivity contribution is 7.89. The maximum Gasteiger partial charge on any atom is 0.331 e. The first kappa shape index (κ1) is 22.1. The Labute approximate surface area is 149 Å². The highest BCUT2D eigenvalue weighted by Crippen LogP contribution is 2.47. The van der Waals surface area contributed by atoms with Crippen LogP contribution in [0.25, 0.3) is 0 Å². The van der Waals surface area contributed by atoms with Gasteiger partial charge in [0.15, 0.2) is 4.90 Å². The number of rotatable bonds is 11. The molecule has 0 aliphatic heterocycles. The van der Waals surface area contributed by atoms with E-state index in [1.807, 2.05) is 0 Å². The Kier molecular flexibility index (Phi) is 7.78. The minimum absolute atomic E-state index is 0.0951. The molecule has 0 radical (unpaired) electrons. The molecule has 0 bridgehead atoms. The van der Waals surface area contributed by atoms with Crippen LogP contribution in [0.3, 0.4) is 0 Å². The molecule has 0 unspecified atom stereocenters. The van der Waals surface area contributed by atoms with Gasteiger partial charge in [0.2, 0.25) is 10.0 Å². The van der Waals surface area contributed by atoms with E-state index >= 15 is 0 Å². The van der Waals surface area contributed by atoms with Crippen molar-refractivity contribution >= 4 is 29.0 Å². The van der Waals surface area contributed by atoms with Crippen LogP contribution in [0.15, 0.2) is 23.1 Å². The zero-order valence-electron chi connectivity index (χ0n) is 14.0. The van der Waals surface area contributed by atoms with Gasteiger partial charge in [0, 0.05) is 12.6 Å². The van der Waals surface area contributed by atoms with E-state index in [0.29, 0.717) is 6.07 Å². The van der Waals surface area contributed by atoms with Crippen molar-refractivity contribution in [1.82, 2.24) is 4.72 Å². The van der Waals surface area contributed by atoms with Crippen LogP contribution >= 0.6 is 7.60 Å². The number of nitro benzene ring substituents is 2. The zero-order valence-corrected chi connectivity index (χ0v) is 15.7. The van der Waals surface area contributed by atoms with E-state index in [2.05, 4.69) is 4.72 Å². The van der Waals surface area contributed by atoms with Crippen molar-refractivity contribution in [2.24, 2.45) is 0 Å². The Morgan fingerprint density at radius 1 is 1.12 bits per heavy atom. The maximum absolute atomic E-state index is 12.3. The van der Waals surface area contributed by atoms with Gasteiger partial charge >= 0.3 is 7.60 Å². The first-order chi connectivity index (χ1) is 12.1. The summed E-state index contributed by atoms with van der Waals surface area (Å²) in [6.45, 7) is 3.01. The Morgan fingerprint density at radius 2 is 1.69 bits per heavy atom. The van der Waals surface area contributed by atoms with Crippen LogP contribution < -0.4 is 4.72 Å². The predicted molar refractivity (Wildman–Crippen MR) is 90.7 cm³/mol. The van der Waals surface area contributed by atoms with Crippen LogP contribution in [-0.4, -0.2) is 44.2 Å². The molecule has 12 nitrogen and oxygen atoms in total. The molecular weight excluding hydrogens is 393 g/mol. The molecule has 1 aromatic carbocycles. The molecule has 0 spiro atoms. The summed E-state index contributed by atoms with van der Waals surface area (Å²) in [5.41, 5.74) is -1.56. The van der Waals surface area contributed by atoms with Gasteiger partial charge in [-0.2, -0.15) is 0 Å². The Balaban J connectivity index is 3.03. The van der Waals surface area contributed by atoms with Crippen molar-refractivity contribution in [1.29, 1.82) is 0 Å². The number of benzene rings is 1. The van der Waals surface area contributed by atoms with Crippen molar-refractivity contribution in [3.8, 4) is 0 Å². The van der Waals surface area contributed by atoms with Crippen LogP contribution in [0, 0.1) is 20.2 Å². The van der Waals surface area contributed by atoms with Crippen LogP contribution in [0.2, 0.25) is 0 Å². The van der Waals surface area contributed by atoms with Crippen molar-refractivity contribution in [2.45, 2.75) is 18.7 Å². The molecular formula is C12H18N3O9PS. The number of non-ortho nitro benzene ring substituents is 1. The molecule has 0 aliphatic rings. The molecule has 1 N–H and O–H groups in total. The summed E-state index contributed by atoms with van der Waals surface area (Å²) < 4.78 is 48.9. The monoisotopic (exact) mass is 411 g/mol. The summed E-state index contributed by atoms with van der Waals surface area (Å²) in [5, 5.41) is 21.8. The lowest BCUT2D eigenvalue weighted by molar-refractivity contribution is -0.396. The first-order valence-electron chi connectivity index (χ1n) is 7.37. The van der Waals surface area contributed by atoms with Crippen molar-refractivity contribution < 1.29 is 31.9 Å². The molecule has 0 saturated carbocycles. The fourth-order valence-electron chi connectivity index (χ4n) is 1.94. The normalized spacial score (nSPS) is 12.1. The Hall–Kier alpha value is -1.92. The maximum atomic E-state index is 12.3. The topological polar surface area (TPSA) is 168 Å². The highest BCUT2D eigenvalue weighted by atomic mass is 32.2. The van der Waals surface area contributed by atoms with Gasteiger partial charge in [-0.3, -0.25) is 24.8 Å².